The number of carbonyl (C=O) groups excluding carboxylic acids is 3. The molecule has 0 aromatic heterocycles. The van der Waals surface area contributed by atoms with Crippen LogP contribution in [0.15, 0.2) is 42.5 Å². The highest BCUT2D eigenvalue weighted by Gasteiger charge is 2.44. The Hall–Kier alpha value is -3.15. The molecule has 3 amide bonds. The van der Waals surface area contributed by atoms with Crippen molar-refractivity contribution in [1.82, 2.24) is 0 Å². The van der Waals surface area contributed by atoms with Gasteiger partial charge in [0, 0.05) is 24.2 Å². The fourth-order valence-corrected chi connectivity index (χ4v) is 4.13. The lowest BCUT2D eigenvalue weighted by atomic mass is 10.0. The summed E-state index contributed by atoms with van der Waals surface area (Å²) in [6.07, 6.45) is 2.62. The van der Waals surface area contributed by atoms with Gasteiger partial charge in [-0.3, -0.25) is 19.3 Å². The van der Waals surface area contributed by atoms with Crippen molar-refractivity contribution in [3.63, 3.8) is 0 Å². The van der Waals surface area contributed by atoms with Crippen LogP contribution >= 0.6 is 0 Å². The maximum Gasteiger partial charge on any atom is 0.255 e. The standard InChI is InChI=1S/C23H25N3O3/c1-3-12-25-20-14-16(22(28)24-17-7-5-6-15(4-2)13-17)8-9-18(20)26-19(23(25)29)10-11-21(26)27/h5-9,13-14,19H,3-4,10-12H2,1-2H3,(H,24,28)/t19-/m1/s1. The number of nitrogens with one attached hydrogen (secondary N) is 1. The maximum absolute atomic E-state index is 13.0. The van der Waals surface area contributed by atoms with Crippen LogP contribution in [0.2, 0.25) is 0 Å². The Morgan fingerprint density at radius 2 is 1.93 bits per heavy atom. The van der Waals surface area contributed by atoms with Gasteiger partial charge in [-0.25, -0.2) is 0 Å². The number of hydrogen-bond acceptors (Lipinski definition) is 3. The van der Waals surface area contributed by atoms with E-state index in [1.165, 1.54) is 0 Å². The molecule has 1 N–H and O–H groups in total. The normalized spacial score (nSPS) is 17.9. The van der Waals surface area contributed by atoms with E-state index in [9.17, 15) is 14.4 Å². The number of rotatable bonds is 5. The highest BCUT2D eigenvalue weighted by atomic mass is 16.2. The van der Waals surface area contributed by atoms with Crippen LogP contribution in [0, 0.1) is 0 Å². The van der Waals surface area contributed by atoms with Gasteiger partial charge in [0.15, 0.2) is 0 Å². The molecule has 2 aliphatic heterocycles. The van der Waals surface area contributed by atoms with Crippen LogP contribution in [0.5, 0.6) is 0 Å². The van der Waals surface area contributed by atoms with Gasteiger partial charge in [0.1, 0.15) is 6.04 Å². The number of hydrogen-bond donors (Lipinski definition) is 1. The Labute approximate surface area is 170 Å². The second-order valence-electron chi connectivity index (χ2n) is 7.52. The molecule has 0 spiro atoms. The molecule has 2 aromatic rings. The first-order chi connectivity index (χ1) is 14.0. The summed E-state index contributed by atoms with van der Waals surface area (Å²) < 4.78 is 0. The molecule has 4 rings (SSSR count). The van der Waals surface area contributed by atoms with Crippen molar-refractivity contribution in [3.8, 4) is 0 Å². The molecular formula is C23H25N3O3. The van der Waals surface area contributed by atoms with E-state index >= 15 is 0 Å². The molecule has 0 unspecified atom stereocenters. The first-order valence-electron chi connectivity index (χ1n) is 10.2. The van der Waals surface area contributed by atoms with E-state index in [-0.39, 0.29) is 17.7 Å². The Bertz CT molecular complexity index is 985. The first-order valence-corrected chi connectivity index (χ1v) is 10.2. The molecule has 1 fully saturated rings. The van der Waals surface area contributed by atoms with Gasteiger partial charge in [0.05, 0.1) is 11.4 Å². The molecule has 0 aliphatic carbocycles. The number of fused-ring (bicyclic) bond motifs is 3. The van der Waals surface area contributed by atoms with E-state index in [2.05, 4.69) is 12.2 Å². The van der Waals surface area contributed by atoms with Crippen LogP contribution in [0.4, 0.5) is 17.1 Å². The summed E-state index contributed by atoms with van der Waals surface area (Å²) in [6, 6.07) is 12.6. The number of anilines is 3. The van der Waals surface area contributed by atoms with E-state index in [1.807, 2.05) is 31.2 Å². The van der Waals surface area contributed by atoms with Gasteiger partial charge in [-0.2, -0.15) is 0 Å². The molecule has 6 nitrogen and oxygen atoms in total. The lowest BCUT2D eigenvalue weighted by Gasteiger charge is -2.38. The monoisotopic (exact) mass is 391 g/mol. The van der Waals surface area contributed by atoms with Crippen molar-refractivity contribution in [2.75, 3.05) is 21.7 Å². The van der Waals surface area contributed by atoms with Crippen molar-refractivity contribution in [2.45, 2.75) is 45.6 Å². The summed E-state index contributed by atoms with van der Waals surface area (Å²) in [5.41, 5.74) is 3.70. The topological polar surface area (TPSA) is 69.7 Å². The lowest BCUT2D eigenvalue weighted by molar-refractivity contribution is -0.122. The van der Waals surface area contributed by atoms with Crippen molar-refractivity contribution in [2.24, 2.45) is 0 Å². The summed E-state index contributed by atoms with van der Waals surface area (Å²) in [6.45, 7) is 4.64. The quantitative estimate of drug-likeness (QED) is 0.844. The van der Waals surface area contributed by atoms with Crippen molar-refractivity contribution in [1.29, 1.82) is 0 Å². The van der Waals surface area contributed by atoms with E-state index < -0.39 is 6.04 Å². The largest absolute Gasteiger partial charge is 0.322 e. The lowest BCUT2D eigenvalue weighted by Crippen LogP contribution is -2.52. The molecule has 2 aromatic carbocycles. The number of carbonyl (C=O) groups is 3. The van der Waals surface area contributed by atoms with Gasteiger partial charge in [-0.15, -0.1) is 0 Å². The molecule has 150 valence electrons. The van der Waals surface area contributed by atoms with Gasteiger partial charge in [0.2, 0.25) is 11.8 Å². The molecule has 29 heavy (non-hydrogen) atoms. The van der Waals surface area contributed by atoms with Gasteiger partial charge >= 0.3 is 0 Å². The predicted octanol–water partition coefficient (Wildman–Crippen LogP) is 3.75. The molecular weight excluding hydrogens is 366 g/mol. The average Bonchev–Trinajstić information content (AvgIpc) is 3.12. The third kappa shape index (κ3) is 3.39. The summed E-state index contributed by atoms with van der Waals surface area (Å²) >= 11 is 0. The number of benzene rings is 2. The van der Waals surface area contributed by atoms with E-state index in [0.29, 0.717) is 30.6 Å². The van der Waals surface area contributed by atoms with Gasteiger partial charge in [0.25, 0.3) is 5.91 Å². The predicted molar refractivity (Wildman–Crippen MR) is 113 cm³/mol. The van der Waals surface area contributed by atoms with Gasteiger partial charge in [-0.05, 0) is 55.2 Å². The molecule has 1 atom stereocenters. The minimum atomic E-state index is -0.419. The third-order valence-corrected chi connectivity index (χ3v) is 5.59. The van der Waals surface area contributed by atoms with Crippen LogP contribution in [-0.4, -0.2) is 30.3 Å². The van der Waals surface area contributed by atoms with Crippen molar-refractivity contribution in [3.05, 3.63) is 53.6 Å². The Kier molecular flexibility index (Phi) is 5.09. The van der Waals surface area contributed by atoms with Crippen LogP contribution in [0.1, 0.15) is 49.0 Å². The zero-order valence-electron chi connectivity index (χ0n) is 16.8. The second-order valence-corrected chi connectivity index (χ2v) is 7.52. The number of amides is 3. The third-order valence-electron chi connectivity index (χ3n) is 5.59. The number of nitrogens with zero attached hydrogens (tertiary/aromatic N) is 2. The first kappa shape index (κ1) is 19.2. The summed E-state index contributed by atoms with van der Waals surface area (Å²) in [7, 11) is 0. The van der Waals surface area contributed by atoms with Crippen LogP contribution in [0.3, 0.4) is 0 Å². The minimum absolute atomic E-state index is 0.0330. The second kappa shape index (κ2) is 7.70. The Morgan fingerprint density at radius 3 is 2.69 bits per heavy atom. The minimum Gasteiger partial charge on any atom is -0.322 e. The SMILES string of the molecule is CCCN1C(=O)[C@H]2CCC(=O)N2c2ccc(C(=O)Nc3cccc(CC)c3)cc21. The zero-order valence-corrected chi connectivity index (χ0v) is 16.8. The van der Waals surface area contributed by atoms with Gasteiger partial charge in [-0.1, -0.05) is 26.0 Å². The fraction of sp³-hybridized carbons (Fsp3) is 0.348. The Morgan fingerprint density at radius 1 is 1.10 bits per heavy atom. The molecule has 6 heteroatoms. The highest BCUT2D eigenvalue weighted by Crippen LogP contribution is 2.41. The molecule has 2 aliphatic rings. The summed E-state index contributed by atoms with van der Waals surface area (Å²) in [4.78, 5) is 41.5. The van der Waals surface area contributed by atoms with E-state index in [1.54, 1.807) is 28.0 Å². The van der Waals surface area contributed by atoms with Crippen molar-refractivity contribution < 1.29 is 14.4 Å². The number of aryl methyl sites for hydroxylation is 1. The molecule has 1 saturated heterocycles. The van der Waals surface area contributed by atoms with Crippen LogP contribution in [-0.2, 0) is 16.0 Å². The van der Waals surface area contributed by atoms with E-state index in [0.717, 1.165) is 29.8 Å². The molecule has 0 saturated carbocycles. The summed E-state index contributed by atoms with van der Waals surface area (Å²) in [5.74, 6) is -0.326. The molecule has 2 heterocycles. The summed E-state index contributed by atoms with van der Waals surface area (Å²) in [5, 5.41) is 2.93. The van der Waals surface area contributed by atoms with Crippen molar-refractivity contribution >= 4 is 34.8 Å². The van der Waals surface area contributed by atoms with Crippen LogP contribution < -0.4 is 15.1 Å². The van der Waals surface area contributed by atoms with E-state index in [4.69, 9.17) is 0 Å². The average molecular weight is 391 g/mol. The zero-order chi connectivity index (χ0) is 20.5. The maximum atomic E-state index is 13.0. The van der Waals surface area contributed by atoms with Gasteiger partial charge < -0.3 is 10.2 Å². The highest BCUT2D eigenvalue weighted by molar-refractivity contribution is 6.16. The smallest absolute Gasteiger partial charge is 0.255 e. The van der Waals surface area contributed by atoms with Crippen LogP contribution in [0.25, 0.3) is 0 Å². The molecule has 0 radical (unpaired) electrons. The fourth-order valence-electron chi connectivity index (χ4n) is 4.13. The Balaban J connectivity index is 1.68. The molecule has 0 bridgehead atoms.